The molecule has 1 aliphatic rings. The molecule has 1 radical (unpaired) electrons. The van der Waals surface area contributed by atoms with Crippen molar-refractivity contribution < 1.29 is 0 Å². The minimum absolute atomic E-state index is 0.913. The minimum atomic E-state index is 0.913. The van der Waals surface area contributed by atoms with Crippen molar-refractivity contribution in [2.75, 3.05) is 32.7 Å². The number of aromatic nitrogens is 3. The number of nitrogens with zero attached hydrogens (tertiary/aromatic N) is 4. The molecule has 0 unspecified atom stereocenters. The molecule has 0 bridgehead atoms. The van der Waals surface area contributed by atoms with Gasteiger partial charge in [0.05, 0.1) is 12.7 Å². The molecular weight excluding hydrogens is 166 g/mol. The van der Waals surface area contributed by atoms with Gasteiger partial charge >= 0.3 is 0 Å². The first-order valence-corrected chi connectivity index (χ1v) is 4.64. The summed E-state index contributed by atoms with van der Waals surface area (Å²) in [6.45, 7) is 6.44. The standard InChI is InChI=1S/C8H14N5/c1-4-12(5-2-9-1)7-8-13-6-3-10-11-13/h6,9H,1-2,4-5,7-8H2. The van der Waals surface area contributed by atoms with Gasteiger partial charge in [0.25, 0.3) is 0 Å². The lowest BCUT2D eigenvalue weighted by Gasteiger charge is -2.26. The number of hydrogen-bond donors (Lipinski definition) is 1. The molecule has 0 aliphatic carbocycles. The van der Waals surface area contributed by atoms with Gasteiger partial charge in [0, 0.05) is 32.7 Å². The molecule has 5 heteroatoms. The molecule has 2 rings (SSSR count). The van der Waals surface area contributed by atoms with Gasteiger partial charge in [-0.3, -0.25) is 9.58 Å². The maximum absolute atomic E-state index is 3.87. The molecule has 1 fully saturated rings. The van der Waals surface area contributed by atoms with Crippen molar-refractivity contribution in [2.24, 2.45) is 0 Å². The topological polar surface area (TPSA) is 46.0 Å². The van der Waals surface area contributed by atoms with Crippen LogP contribution in [0, 0.1) is 6.20 Å². The van der Waals surface area contributed by atoms with Crippen molar-refractivity contribution in [1.82, 2.24) is 25.2 Å². The summed E-state index contributed by atoms with van der Waals surface area (Å²) in [6.07, 6.45) is 4.47. The number of nitrogens with one attached hydrogen (secondary N) is 1. The van der Waals surface area contributed by atoms with E-state index in [4.69, 9.17) is 0 Å². The summed E-state index contributed by atoms with van der Waals surface area (Å²) in [6, 6.07) is 0. The quantitative estimate of drug-likeness (QED) is 0.647. The predicted molar refractivity (Wildman–Crippen MR) is 48.2 cm³/mol. The van der Waals surface area contributed by atoms with E-state index < -0.39 is 0 Å². The van der Waals surface area contributed by atoms with E-state index in [2.05, 4.69) is 26.7 Å². The van der Waals surface area contributed by atoms with E-state index in [-0.39, 0.29) is 0 Å². The molecular formula is C8H14N5. The summed E-state index contributed by atoms with van der Waals surface area (Å²) in [7, 11) is 0. The zero-order valence-electron chi connectivity index (χ0n) is 7.61. The Morgan fingerprint density at radius 2 is 2.15 bits per heavy atom. The Bertz CT molecular complexity index is 227. The first kappa shape index (κ1) is 8.65. The number of piperazine rings is 1. The van der Waals surface area contributed by atoms with Gasteiger partial charge in [0.15, 0.2) is 0 Å². The molecule has 1 aromatic rings. The van der Waals surface area contributed by atoms with Crippen LogP contribution in [0.5, 0.6) is 0 Å². The highest BCUT2D eigenvalue weighted by atomic mass is 15.4. The van der Waals surface area contributed by atoms with E-state index in [0.29, 0.717) is 0 Å². The van der Waals surface area contributed by atoms with Gasteiger partial charge in [0.2, 0.25) is 0 Å². The van der Waals surface area contributed by atoms with Crippen molar-refractivity contribution in [1.29, 1.82) is 0 Å². The van der Waals surface area contributed by atoms with Crippen LogP contribution in [0.25, 0.3) is 0 Å². The van der Waals surface area contributed by atoms with Crippen molar-refractivity contribution in [3.63, 3.8) is 0 Å². The largest absolute Gasteiger partial charge is 0.314 e. The number of hydrogen-bond acceptors (Lipinski definition) is 4. The monoisotopic (exact) mass is 180 g/mol. The highest BCUT2D eigenvalue weighted by Crippen LogP contribution is 1.92. The first-order valence-electron chi connectivity index (χ1n) is 4.64. The summed E-state index contributed by atoms with van der Waals surface area (Å²) in [4.78, 5) is 2.43. The lowest BCUT2D eigenvalue weighted by Crippen LogP contribution is -2.44. The normalized spacial score (nSPS) is 19.1. The van der Waals surface area contributed by atoms with Gasteiger partial charge in [-0.25, -0.2) is 0 Å². The zero-order chi connectivity index (χ0) is 8.93. The lowest BCUT2D eigenvalue weighted by molar-refractivity contribution is 0.228. The van der Waals surface area contributed by atoms with Crippen LogP contribution in [0.4, 0.5) is 0 Å². The summed E-state index contributed by atoms with van der Waals surface area (Å²) in [5.74, 6) is 0. The summed E-state index contributed by atoms with van der Waals surface area (Å²) >= 11 is 0. The first-order chi connectivity index (χ1) is 6.45. The van der Waals surface area contributed by atoms with Crippen LogP contribution < -0.4 is 5.32 Å². The molecule has 0 aromatic carbocycles. The van der Waals surface area contributed by atoms with Gasteiger partial charge in [-0.15, -0.1) is 5.10 Å². The highest BCUT2D eigenvalue weighted by Gasteiger charge is 2.08. The van der Waals surface area contributed by atoms with Crippen LogP contribution in [0.2, 0.25) is 0 Å². The van der Waals surface area contributed by atoms with Gasteiger partial charge in [-0.2, -0.15) is 0 Å². The second-order valence-electron chi connectivity index (χ2n) is 3.20. The molecule has 1 saturated heterocycles. The molecule has 71 valence electrons. The summed E-state index contributed by atoms with van der Waals surface area (Å²) in [5.41, 5.74) is 0. The Hall–Kier alpha value is -0.940. The maximum atomic E-state index is 3.87. The van der Waals surface area contributed by atoms with Gasteiger partial charge < -0.3 is 5.32 Å². The third-order valence-corrected chi connectivity index (χ3v) is 2.28. The van der Waals surface area contributed by atoms with E-state index in [0.717, 1.165) is 39.3 Å². The van der Waals surface area contributed by atoms with Crippen LogP contribution in [0.1, 0.15) is 0 Å². The van der Waals surface area contributed by atoms with Crippen molar-refractivity contribution in [3.8, 4) is 0 Å². The molecule has 1 aliphatic heterocycles. The molecule has 2 heterocycles. The van der Waals surface area contributed by atoms with Crippen molar-refractivity contribution >= 4 is 0 Å². The van der Waals surface area contributed by atoms with Crippen LogP contribution >= 0.6 is 0 Å². The van der Waals surface area contributed by atoms with Crippen LogP contribution in [0.15, 0.2) is 6.20 Å². The zero-order valence-corrected chi connectivity index (χ0v) is 7.61. The molecule has 0 amide bonds. The smallest absolute Gasteiger partial charge is 0.134 e. The maximum Gasteiger partial charge on any atom is 0.134 e. The Balaban J connectivity index is 1.72. The third kappa shape index (κ3) is 2.50. The molecule has 5 nitrogen and oxygen atoms in total. The average molecular weight is 180 g/mol. The predicted octanol–water partition coefficient (Wildman–Crippen LogP) is -1.02. The van der Waals surface area contributed by atoms with Gasteiger partial charge in [-0.05, 0) is 0 Å². The van der Waals surface area contributed by atoms with E-state index in [1.807, 2.05) is 4.68 Å². The number of rotatable bonds is 3. The average Bonchev–Trinajstić information content (AvgIpc) is 2.69. The Morgan fingerprint density at radius 1 is 1.31 bits per heavy atom. The second-order valence-corrected chi connectivity index (χ2v) is 3.20. The van der Waals surface area contributed by atoms with Crippen LogP contribution in [-0.2, 0) is 6.54 Å². The van der Waals surface area contributed by atoms with Crippen molar-refractivity contribution in [2.45, 2.75) is 6.54 Å². The highest BCUT2D eigenvalue weighted by molar-refractivity contribution is 4.68. The fraction of sp³-hybridized carbons (Fsp3) is 0.750. The van der Waals surface area contributed by atoms with Gasteiger partial charge in [-0.1, -0.05) is 5.21 Å². The molecule has 0 saturated carbocycles. The Morgan fingerprint density at radius 3 is 2.85 bits per heavy atom. The Labute approximate surface area is 77.7 Å². The minimum Gasteiger partial charge on any atom is -0.314 e. The fourth-order valence-corrected chi connectivity index (χ4v) is 1.49. The third-order valence-electron chi connectivity index (χ3n) is 2.28. The summed E-state index contributed by atoms with van der Waals surface area (Å²) < 4.78 is 1.82. The van der Waals surface area contributed by atoms with E-state index in [9.17, 15) is 0 Å². The van der Waals surface area contributed by atoms with Crippen LogP contribution in [0.3, 0.4) is 0 Å². The molecule has 0 atom stereocenters. The fourth-order valence-electron chi connectivity index (χ4n) is 1.49. The molecule has 1 N–H and O–H groups in total. The Kier molecular flexibility index (Phi) is 2.89. The molecule has 0 spiro atoms. The van der Waals surface area contributed by atoms with Crippen molar-refractivity contribution in [3.05, 3.63) is 12.4 Å². The van der Waals surface area contributed by atoms with E-state index >= 15 is 0 Å². The SMILES string of the molecule is [c]1cn(CCN2CCNCC2)nn1. The second kappa shape index (κ2) is 4.34. The lowest BCUT2D eigenvalue weighted by atomic mass is 10.3. The summed E-state index contributed by atoms with van der Waals surface area (Å²) in [5, 5.41) is 10.8. The molecule has 13 heavy (non-hydrogen) atoms. The van der Waals surface area contributed by atoms with Gasteiger partial charge in [0.1, 0.15) is 6.20 Å². The van der Waals surface area contributed by atoms with Crippen LogP contribution in [-0.4, -0.2) is 52.6 Å². The van der Waals surface area contributed by atoms with E-state index in [1.165, 1.54) is 0 Å². The van der Waals surface area contributed by atoms with E-state index in [1.54, 1.807) is 6.20 Å². The molecule has 1 aromatic heterocycles.